The van der Waals surface area contributed by atoms with Gasteiger partial charge in [0.05, 0.1) is 18.6 Å². The van der Waals surface area contributed by atoms with Gasteiger partial charge in [-0.3, -0.25) is 4.79 Å². The van der Waals surface area contributed by atoms with Gasteiger partial charge in [0.25, 0.3) is 0 Å². The van der Waals surface area contributed by atoms with E-state index in [1.807, 2.05) is 0 Å². The molecule has 0 radical (unpaired) electrons. The third kappa shape index (κ3) is 4.55. The Morgan fingerprint density at radius 2 is 2.07 bits per heavy atom. The van der Waals surface area contributed by atoms with Crippen LogP contribution in [0.15, 0.2) is 0 Å². The molecular formula is C9H19NO4. The van der Waals surface area contributed by atoms with Crippen molar-refractivity contribution in [3.8, 4) is 0 Å². The number of carboxylic acid groups (broad SMARTS) is 1. The van der Waals surface area contributed by atoms with E-state index in [2.05, 4.69) is 0 Å². The van der Waals surface area contributed by atoms with Gasteiger partial charge in [-0.15, -0.1) is 0 Å². The zero-order valence-corrected chi connectivity index (χ0v) is 8.78. The number of hydrogen-bond acceptors (Lipinski definition) is 4. The van der Waals surface area contributed by atoms with Crippen LogP contribution in [0.5, 0.6) is 0 Å². The molecule has 3 N–H and O–H groups in total. The van der Waals surface area contributed by atoms with Crippen LogP contribution in [-0.4, -0.2) is 44.6 Å². The second-order valence-electron chi connectivity index (χ2n) is 3.43. The molecule has 0 aromatic carbocycles. The van der Waals surface area contributed by atoms with Crippen molar-refractivity contribution in [2.24, 2.45) is 11.1 Å². The lowest BCUT2D eigenvalue weighted by Crippen LogP contribution is -2.36. The van der Waals surface area contributed by atoms with Crippen molar-refractivity contribution >= 4 is 5.97 Å². The summed E-state index contributed by atoms with van der Waals surface area (Å²) in [6.07, 6.45) is 0.419. The fourth-order valence-corrected chi connectivity index (χ4v) is 0.838. The molecule has 1 unspecified atom stereocenters. The van der Waals surface area contributed by atoms with Crippen LogP contribution in [0.3, 0.4) is 0 Å². The van der Waals surface area contributed by atoms with Crippen LogP contribution in [0.25, 0.3) is 0 Å². The highest BCUT2D eigenvalue weighted by Gasteiger charge is 2.30. The normalized spacial score (nSPS) is 15.1. The molecule has 0 aliphatic heterocycles. The van der Waals surface area contributed by atoms with E-state index < -0.39 is 11.4 Å². The summed E-state index contributed by atoms with van der Waals surface area (Å²) in [5.41, 5.74) is 4.51. The molecule has 5 heteroatoms. The van der Waals surface area contributed by atoms with Gasteiger partial charge in [0.1, 0.15) is 0 Å². The number of ether oxygens (including phenoxy) is 2. The van der Waals surface area contributed by atoms with Crippen molar-refractivity contribution in [3.63, 3.8) is 0 Å². The first kappa shape index (κ1) is 13.4. The Kier molecular flexibility index (Phi) is 6.44. The number of carboxylic acids is 1. The Balaban J connectivity index is 3.68. The van der Waals surface area contributed by atoms with E-state index in [0.29, 0.717) is 26.2 Å². The van der Waals surface area contributed by atoms with Gasteiger partial charge in [0.2, 0.25) is 0 Å². The zero-order chi connectivity index (χ0) is 11.0. The minimum absolute atomic E-state index is 0.121. The summed E-state index contributed by atoms with van der Waals surface area (Å²) in [4.78, 5) is 10.8. The van der Waals surface area contributed by atoms with Crippen molar-refractivity contribution < 1.29 is 19.4 Å². The standard InChI is InChI=1S/C9H19NO4/c1-9(7-10,8(11)12)3-4-14-6-5-13-2/h3-7,10H2,1-2H3,(H,11,12). The van der Waals surface area contributed by atoms with Crippen LogP contribution < -0.4 is 5.73 Å². The molecule has 1 atom stereocenters. The van der Waals surface area contributed by atoms with Crippen LogP contribution in [0.2, 0.25) is 0 Å². The topological polar surface area (TPSA) is 81.8 Å². The summed E-state index contributed by atoms with van der Waals surface area (Å²) in [5, 5.41) is 8.87. The second-order valence-corrected chi connectivity index (χ2v) is 3.43. The van der Waals surface area contributed by atoms with Crippen molar-refractivity contribution in [2.75, 3.05) is 33.5 Å². The Labute approximate surface area is 84.2 Å². The van der Waals surface area contributed by atoms with Gasteiger partial charge in [-0.2, -0.15) is 0 Å². The van der Waals surface area contributed by atoms with Gasteiger partial charge in [-0.25, -0.2) is 0 Å². The fourth-order valence-electron chi connectivity index (χ4n) is 0.838. The van der Waals surface area contributed by atoms with Crippen molar-refractivity contribution in [2.45, 2.75) is 13.3 Å². The molecular weight excluding hydrogens is 186 g/mol. The Morgan fingerprint density at radius 1 is 1.43 bits per heavy atom. The maximum Gasteiger partial charge on any atom is 0.310 e. The number of methoxy groups -OCH3 is 1. The predicted molar refractivity (Wildman–Crippen MR) is 52.1 cm³/mol. The first-order chi connectivity index (χ1) is 6.56. The van der Waals surface area contributed by atoms with Crippen LogP contribution in [0.4, 0.5) is 0 Å². The number of aliphatic carboxylic acids is 1. The van der Waals surface area contributed by atoms with E-state index in [-0.39, 0.29) is 6.54 Å². The van der Waals surface area contributed by atoms with Crippen molar-refractivity contribution in [3.05, 3.63) is 0 Å². The third-order valence-corrected chi connectivity index (χ3v) is 2.20. The molecule has 0 saturated carbocycles. The molecule has 0 aromatic heterocycles. The lowest BCUT2D eigenvalue weighted by Gasteiger charge is -2.22. The van der Waals surface area contributed by atoms with E-state index in [9.17, 15) is 4.79 Å². The third-order valence-electron chi connectivity index (χ3n) is 2.20. The van der Waals surface area contributed by atoms with E-state index in [1.165, 1.54) is 0 Å². The van der Waals surface area contributed by atoms with Crippen LogP contribution in [0, 0.1) is 5.41 Å². The van der Waals surface area contributed by atoms with E-state index in [0.717, 1.165) is 0 Å². The second kappa shape index (κ2) is 6.75. The monoisotopic (exact) mass is 205 g/mol. The molecule has 0 bridgehead atoms. The number of carbonyl (C=O) groups is 1. The maximum atomic E-state index is 10.8. The smallest absolute Gasteiger partial charge is 0.310 e. The molecule has 84 valence electrons. The molecule has 0 rings (SSSR count). The molecule has 0 aliphatic carbocycles. The highest BCUT2D eigenvalue weighted by atomic mass is 16.5. The van der Waals surface area contributed by atoms with Gasteiger partial charge >= 0.3 is 5.97 Å². The Bertz CT molecular complexity index is 174. The van der Waals surface area contributed by atoms with Crippen LogP contribution >= 0.6 is 0 Å². The molecule has 14 heavy (non-hydrogen) atoms. The summed E-state index contributed by atoms with van der Waals surface area (Å²) >= 11 is 0. The average Bonchev–Trinajstić information content (AvgIpc) is 2.17. The summed E-state index contributed by atoms with van der Waals surface area (Å²) in [7, 11) is 1.59. The van der Waals surface area contributed by atoms with E-state index in [4.69, 9.17) is 20.3 Å². The molecule has 0 fully saturated rings. The Hall–Kier alpha value is -0.650. The SMILES string of the molecule is COCCOCCC(C)(CN)C(=O)O. The average molecular weight is 205 g/mol. The molecule has 0 aliphatic rings. The number of nitrogens with two attached hydrogens (primary N) is 1. The Morgan fingerprint density at radius 3 is 2.50 bits per heavy atom. The van der Waals surface area contributed by atoms with Crippen LogP contribution in [0.1, 0.15) is 13.3 Å². The first-order valence-electron chi connectivity index (χ1n) is 4.57. The molecule has 0 heterocycles. The van der Waals surface area contributed by atoms with Crippen molar-refractivity contribution in [1.29, 1.82) is 0 Å². The molecule has 0 spiro atoms. The first-order valence-corrected chi connectivity index (χ1v) is 4.57. The molecule has 0 aromatic rings. The number of rotatable bonds is 8. The summed E-state index contributed by atoms with van der Waals surface area (Å²) in [6, 6.07) is 0. The highest BCUT2D eigenvalue weighted by Crippen LogP contribution is 2.19. The minimum atomic E-state index is -0.882. The lowest BCUT2D eigenvalue weighted by molar-refractivity contribution is -0.148. The predicted octanol–water partition coefficient (Wildman–Crippen LogP) is 0.0891. The van der Waals surface area contributed by atoms with Gasteiger partial charge in [-0.1, -0.05) is 0 Å². The van der Waals surface area contributed by atoms with E-state index in [1.54, 1.807) is 14.0 Å². The minimum Gasteiger partial charge on any atom is -0.481 e. The van der Waals surface area contributed by atoms with Gasteiger partial charge in [0.15, 0.2) is 0 Å². The highest BCUT2D eigenvalue weighted by molar-refractivity contribution is 5.74. The van der Waals surface area contributed by atoms with Gasteiger partial charge < -0.3 is 20.3 Å². The van der Waals surface area contributed by atoms with E-state index >= 15 is 0 Å². The fraction of sp³-hybridized carbons (Fsp3) is 0.889. The van der Waals surface area contributed by atoms with Gasteiger partial charge in [0, 0.05) is 20.3 Å². The van der Waals surface area contributed by atoms with Gasteiger partial charge in [-0.05, 0) is 13.3 Å². The summed E-state index contributed by atoms with van der Waals surface area (Å²) in [5.74, 6) is -0.879. The number of hydrogen-bond donors (Lipinski definition) is 2. The van der Waals surface area contributed by atoms with Crippen LogP contribution in [-0.2, 0) is 14.3 Å². The quantitative estimate of drug-likeness (QED) is 0.549. The zero-order valence-electron chi connectivity index (χ0n) is 8.78. The molecule has 0 amide bonds. The lowest BCUT2D eigenvalue weighted by atomic mass is 9.87. The maximum absolute atomic E-state index is 10.8. The summed E-state index contributed by atoms with van der Waals surface area (Å²) < 4.78 is 9.96. The van der Waals surface area contributed by atoms with Crippen molar-refractivity contribution in [1.82, 2.24) is 0 Å². The summed E-state index contributed by atoms with van der Waals surface area (Å²) in [6.45, 7) is 3.14. The largest absolute Gasteiger partial charge is 0.481 e. The molecule has 0 saturated heterocycles. The molecule has 5 nitrogen and oxygen atoms in total.